The maximum absolute atomic E-state index is 10.3. The zero-order valence-electron chi connectivity index (χ0n) is 4.25. The van der Waals surface area contributed by atoms with Crippen LogP contribution in [0, 0.1) is 0 Å². The summed E-state index contributed by atoms with van der Waals surface area (Å²) in [6.07, 6.45) is 0.763. The van der Waals surface area contributed by atoms with Gasteiger partial charge in [0.2, 0.25) is 0 Å². The minimum absolute atomic E-state index is 0.315. The van der Waals surface area contributed by atoms with Crippen molar-refractivity contribution in [2.75, 3.05) is 13.2 Å². The van der Waals surface area contributed by atoms with Crippen LogP contribution in [0.1, 0.15) is 6.42 Å². The first-order chi connectivity index (χ1) is 3.71. The fourth-order valence-electron chi connectivity index (χ4n) is 0.480. The molecule has 1 aliphatic rings. The Morgan fingerprint density at radius 1 is 1.50 bits per heavy atom. The lowest BCUT2D eigenvalue weighted by molar-refractivity contribution is 0.284. The second-order valence-electron chi connectivity index (χ2n) is 1.52. The van der Waals surface area contributed by atoms with Crippen molar-refractivity contribution in [2.45, 2.75) is 6.42 Å². The highest BCUT2D eigenvalue weighted by atomic mass is 32.2. The Labute approximate surface area is 48.1 Å². The Bertz CT molecular complexity index is 149. The van der Waals surface area contributed by atoms with Crippen LogP contribution >= 0.6 is 0 Å². The van der Waals surface area contributed by atoms with Crippen LogP contribution in [0.2, 0.25) is 0 Å². The molecule has 0 bridgehead atoms. The molecule has 0 unspecified atom stereocenters. The smallest absolute Gasteiger partial charge is 0.258 e. The van der Waals surface area contributed by atoms with E-state index in [9.17, 15) is 8.42 Å². The van der Waals surface area contributed by atoms with E-state index >= 15 is 0 Å². The number of hydrogen-bond donors (Lipinski definition) is 1. The van der Waals surface area contributed by atoms with Crippen LogP contribution in [-0.2, 0) is 14.5 Å². The van der Waals surface area contributed by atoms with Gasteiger partial charge < -0.3 is 0 Å². The van der Waals surface area contributed by atoms with E-state index in [2.05, 4.69) is 8.91 Å². The molecular formula is C3H7NO3S. The number of hydrogen-bond acceptors (Lipinski definition) is 3. The molecule has 0 saturated carbocycles. The van der Waals surface area contributed by atoms with E-state index in [-0.39, 0.29) is 0 Å². The van der Waals surface area contributed by atoms with Gasteiger partial charge in [0, 0.05) is 6.54 Å². The summed E-state index contributed by atoms with van der Waals surface area (Å²) in [6, 6.07) is 0. The van der Waals surface area contributed by atoms with E-state index in [1.54, 1.807) is 0 Å². The van der Waals surface area contributed by atoms with Gasteiger partial charge in [-0.25, -0.2) is 0 Å². The summed E-state index contributed by atoms with van der Waals surface area (Å²) in [6.45, 7) is 0.817. The van der Waals surface area contributed by atoms with Crippen molar-refractivity contribution >= 4 is 10.3 Å². The van der Waals surface area contributed by atoms with E-state index in [4.69, 9.17) is 0 Å². The Balaban J connectivity index is 2.58. The summed E-state index contributed by atoms with van der Waals surface area (Å²) >= 11 is 0. The van der Waals surface area contributed by atoms with Crippen molar-refractivity contribution in [1.29, 1.82) is 0 Å². The quantitative estimate of drug-likeness (QED) is 0.477. The third-order valence-corrected chi connectivity index (χ3v) is 1.87. The van der Waals surface area contributed by atoms with Crippen LogP contribution in [0.3, 0.4) is 0 Å². The molecule has 48 valence electrons. The minimum atomic E-state index is -3.33. The Morgan fingerprint density at radius 3 is 2.50 bits per heavy atom. The van der Waals surface area contributed by atoms with Gasteiger partial charge in [0.15, 0.2) is 0 Å². The summed E-state index contributed by atoms with van der Waals surface area (Å²) in [5.74, 6) is 0. The molecule has 1 fully saturated rings. The lowest BCUT2D eigenvalue weighted by Gasteiger charge is -2.10. The highest BCUT2D eigenvalue weighted by Gasteiger charge is 2.13. The predicted octanol–water partition coefficient (Wildman–Crippen LogP) is -0.759. The van der Waals surface area contributed by atoms with E-state index < -0.39 is 10.3 Å². The summed E-state index contributed by atoms with van der Waals surface area (Å²) in [7, 11) is -3.33. The summed E-state index contributed by atoms with van der Waals surface area (Å²) in [4.78, 5) is 0. The molecule has 1 aliphatic heterocycles. The van der Waals surface area contributed by atoms with Crippen LogP contribution in [0.4, 0.5) is 0 Å². The van der Waals surface area contributed by atoms with Gasteiger partial charge in [0.25, 0.3) is 0 Å². The van der Waals surface area contributed by atoms with E-state index in [1.165, 1.54) is 0 Å². The normalized spacial score (nSPS) is 27.5. The fourth-order valence-corrected chi connectivity index (χ4v) is 1.29. The standard InChI is InChI=1S/C3H7NO3S/c5-8(6)4-2-1-3-7-8/h4H,1-3H2. The first-order valence-corrected chi connectivity index (χ1v) is 3.75. The van der Waals surface area contributed by atoms with Crippen LogP contribution in [0.15, 0.2) is 0 Å². The van der Waals surface area contributed by atoms with Gasteiger partial charge in [-0.05, 0) is 6.42 Å². The number of nitrogens with one attached hydrogen (secondary N) is 1. The molecule has 0 aromatic heterocycles. The van der Waals surface area contributed by atoms with Gasteiger partial charge >= 0.3 is 10.3 Å². The van der Waals surface area contributed by atoms with Crippen LogP contribution in [0.25, 0.3) is 0 Å². The molecule has 0 aromatic carbocycles. The maximum Gasteiger partial charge on any atom is 0.335 e. The maximum atomic E-state index is 10.3. The molecule has 5 heteroatoms. The van der Waals surface area contributed by atoms with Crippen molar-refractivity contribution in [3.63, 3.8) is 0 Å². The Hall–Kier alpha value is -0.130. The van der Waals surface area contributed by atoms with Crippen molar-refractivity contribution in [3.05, 3.63) is 0 Å². The molecular weight excluding hydrogens is 130 g/mol. The molecule has 1 N–H and O–H groups in total. The molecule has 0 amide bonds. The third-order valence-electron chi connectivity index (χ3n) is 0.838. The Morgan fingerprint density at radius 2 is 2.25 bits per heavy atom. The van der Waals surface area contributed by atoms with E-state index in [0.717, 1.165) is 6.42 Å². The van der Waals surface area contributed by atoms with Gasteiger partial charge in [-0.2, -0.15) is 13.1 Å². The third kappa shape index (κ3) is 1.43. The average molecular weight is 137 g/mol. The first kappa shape index (κ1) is 6.00. The van der Waals surface area contributed by atoms with Gasteiger partial charge in [0.05, 0.1) is 6.61 Å². The number of rotatable bonds is 0. The molecule has 0 atom stereocenters. The monoisotopic (exact) mass is 137 g/mol. The predicted molar refractivity (Wildman–Crippen MR) is 27.5 cm³/mol. The van der Waals surface area contributed by atoms with Crippen LogP contribution in [-0.4, -0.2) is 21.6 Å². The lowest BCUT2D eigenvalue weighted by atomic mass is 10.5. The fraction of sp³-hybridized carbons (Fsp3) is 1.00. The average Bonchev–Trinajstić information content (AvgIpc) is 1.65. The zero-order valence-corrected chi connectivity index (χ0v) is 5.07. The van der Waals surface area contributed by atoms with Crippen LogP contribution in [0.5, 0.6) is 0 Å². The molecule has 0 aromatic rings. The highest BCUT2D eigenvalue weighted by Crippen LogP contribution is 1.95. The first-order valence-electron chi connectivity index (χ1n) is 2.35. The van der Waals surface area contributed by atoms with E-state index in [1.807, 2.05) is 0 Å². The SMILES string of the molecule is O=S1(=O)NCCCO1. The molecule has 1 rings (SSSR count). The van der Waals surface area contributed by atoms with E-state index in [0.29, 0.717) is 13.2 Å². The molecule has 0 aliphatic carbocycles. The van der Waals surface area contributed by atoms with Gasteiger partial charge in [0.1, 0.15) is 0 Å². The highest BCUT2D eigenvalue weighted by molar-refractivity contribution is 7.84. The molecule has 1 saturated heterocycles. The zero-order chi connectivity index (χ0) is 6.04. The lowest BCUT2D eigenvalue weighted by Crippen LogP contribution is -2.32. The van der Waals surface area contributed by atoms with Crippen molar-refractivity contribution in [3.8, 4) is 0 Å². The summed E-state index contributed by atoms with van der Waals surface area (Å²) in [5, 5.41) is 0. The molecule has 1 heterocycles. The van der Waals surface area contributed by atoms with Crippen molar-refractivity contribution < 1.29 is 12.6 Å². The largest absolute Gasteiger partial charge is 0.335 e. The molecule has 8 heavy (non-hydrogen) atoms. The van der Waals surface area contributed by atoms with Gasteiger partial charge in [-0.15, -0.1) is 0 Å². The second-order valence-corrected chi connectivity index (χ2v) is 2.96. The molecule has 0 spiro atoms. The van der Waals surface area contributed by atoms with Gasteiger partial charge in [-0.3, -0.25) is 4.18 Å². The van der Waals surface area contributed by atoms with Crippen LogP contribution < -0.4 is 4.72 Å². The minimum Gasteiger partial charge on any atom is -0.258 e. The summed E-state index contributed by atoms with van der Waals surface area (Å²) < 4.78 is 27.2. The molecule has 0 radical (unpaired) electrons. The second kappa shape index (κ2) is 2.00. The summed E-state index contributed by atoms with van der Waals surface area (Å²) in [5.41, 5.74) is 0. The van der Waals surface area contributed by atoms with Crippen molar-refractivity contribution in [2.24, 2.45) is 0 Å². The topological polar surface area (TPSA) is 55.4 Å². The Kier molecular flexibility index (Phi) is 1.50. The van der Waals surface area contributed by atoms with Crippen molar-refractivity contribution in [1.82, 2.24) is 4.72 Å². The molecule has 4 nitrogen and oxygen atoms in total. The van der Waals surface area contributed by atoms with Gasteiger partial charge in [-0.1, -0.05) is 0 Å².